The summed E-state index contributed by atoms with van der Waals surface area (Å²) < 4.78 is 4.84. The van der Waals surface area contributed by atoms with E-state index in [1.807, 2.05) is 0 Å². The van der Waals surface area contributed by atoms with E-state index < -0.39 is 0 Å². The highest BCUT2D eigenvalue weighted by molar-refractivity contribution is 6.12. The normalized spacial score (nSPS) is 13.1. The van der Waals surface area contributed by atoms with Crippen LogP contribution >= 0.6 is 0 Å². The van der Waals surface area contributed by atoms with Gasteiger partial charge in [-0.25, -0.2) is 0 Å². The number of nitrogens with zero attached hydrogens (tertiary/aromatic N) is 2. The standard InChI is InChI=1S/C48H34N2/c1-3-13-33(14-4-1)35-17-11-19-39(29-35)49-45-23-9-7-21-41(45)43-31-37(25-27-47(43)49)38-26-28-48-44(32-38)42-22-8-10-24-46(42)50(48)40-20-12-18-36(30-40)34-15-5-2-6-16-34/h1-5,7-15,17-32H,6,16H2. The topological polar surface area (TPSA) is 9.86 Å². The molecule has 0 saturated heterocycles. The molecule has 0 radical (unpaired) electrons. The molecule has 2 nitrogen and oxygen atoms in total. The van der Waals surface area contributed by atoms with E-state index in [9.17, 15) is 0 Å². The van der Waals surface area contributed by atoms with Gasteiger partial charge in [0.05, 0.1) is 22.1 Å². The predicted molar refractivity (Wildman–Crippen MR) is 212 cm³/mol. The molecule has 0 unspecified atom stereocenters. The molecule has 2 heterocycles. The summed E-state index contributed by atoms with van der Waals surface area (Å²) in [5.41, 5.74) is 14.8. The minimum atomic E-state index is 1.08. The lowest BCUT2D eigenvalue weighted by Crippen LogP contribution is -1.96. The molecule has 1 aliphatic carbocycles. The van der Waals surface area contributed by atoms with Gasteiger partial charge >= 0.3 is 0 Å². The van der Waals surface area contributed by atoms with Crippen LogP contribution in [0.15, 0.2) is 182 Å². The van der Waals surface area contributed by atoms with E-state index in [1.165, 1.54) is 88.4 Å². The molecule has 10 rings (SSSR count). The lowest BCUT2D eigenvalue weighted by atomic mass is 9.97. The molecule has 0 atom stereocenters. The molecule has 0 N–H and O–H groups in total. The minimum Gasteiger partial charge on any atom is -0.309 e. The Morgan fingerprint density at radius 3 is 1.46 bits per heavy atom. The maximum Gasteiger partial charge on any atom is 0.0541 e. The van der Waals surface area contributed by atoms with Crippen molar-refractivity contribution >= 4 is 49.2 Å². The van der Waals surface area contributed by atoms with Crippen LogP contribution in [0, 0.1) is 0 Å². The molecule has 0 bridgehead atoms. The third-order valence-electron chi connectivity index (χ3n) is 10.4. The third-order valence-corrected chi connectivity index (χ3v) is 10.4. The van der Waals surface area contributed by atoms with Crippen LogP contribution in [0.1, 0.15) is 18.4 Å². The molecule has 0 amide bonds. The lowest BCUT2D eigenvalue weighted by Gasteiger charge is -2.13. The monoisotopic (exact) mass is 638 g/mol. The predicted octanol–water partition coefficient (Wildman–Crippen LogP) is 12.9. The highest BCUT2D eigenvalue weighted by Crippen LogP contribution is 2.39. The van der Waals surface area contributed by atoms with Crippen molar-refractivity contribution in [1.82, 2.24) is 9.13 Å². The Bertz CT molecular complexity index is 2810. The van der Waals surface area contributed by atoms with Crippen LogP contribution in [0.5, 0.6) is 0 Å². The Morgan fingerprint density at radius 1 is 0.360 bits per heavy atom. The largest absolute Gasteiger partial charge is 0.309 e. The summed E-state index contributed by atoms with van der Waals surface area (Å²) >= 11 is 0. The van der Waals surface area contributed by atoms with Gasteiger partial charge in [0.25, 0.3) is 0 Å². The van der Waals surface area contributed by atoms with Crippen LogP contribution in [-0.2, 0) is 0 Å². The van der Waals surface area contributed by atoms with Crippen molar-refractivity contribution in [2.45, 2.75) is 12.8 Å². The van der Waals surface area contributed by atoms with Gasteiger partial charge in [-0.3, -0.25) is 0 Å². The smallest absolute Gasteiger partial charge is 0.0541 e. The van der Waals surface area contributed by atoms with Crippen LogP contribution in [0.3, 0.4) is 0 Å². The zero-order valence-corrected chi connectivity index (χ0v) is 27.6. The van der Waals surface area contributed by atoms with Gasteiger partial charge in [-0.15, -0.1) is 0 Å². The number of para-hydroxylation sites is 2. The quantitative estimate of drug-likeness (QED) is 0.178. The molecule has 0 fully saturated rings. The van der Waals surface area contributed by atoms with Crippen molar-refractivity contribution in [2.75, 3.05) is 0 Å². The molecular formula is C48H34N2. The number of allylic oxidation sites excluding steroid dienone is 4. The van der Waals surface area contributed by atoms with Crippen LogP contribution in [0.4, 0.5) is 0 Å². The number of hydrogen-bond acceptors (Lipinski definition) is 0. The van der Waals surface area contributed by atoms with Gasteiger partial charge in [0.15, 0.2) is 0 Å². The van der Waals surface area contributed by atoms with Gasteiger partial charge in [-0.2, -0.15) is 0 Å². The van der Waals surface area contributed by atoms with Crippen molar-refractivity contribution in [3.8, 4) is 33.6 Å². The third kappa shape index (κ3) is 4.64. The van der Waals surface area contributed by atoms with Crippen LogP contribution < -0.4 is 0 Å². The second-order valence-electron chi connectivity index (χ2n) is 13.3. The fourth-order valence-electron chi connectivity index (χ4n) is 8.00. The van der Waals surface area contributed by atoms with E-state index in [2.05, 4.69) is 191 Å². The first kappa shape index (κ1) is 28.6. The number of rotatable bonds is 5. The van der Waals surface area contributed by atoms with Crippen molar-refractivity contribution < 1.29 is 0 Å². The molecule has 2 aromatic heterocycles. The van der Waals surface area contributed by atoms with E-state index >= 15 is 0 Å². The zero-order chi connectivity index (χ0) is 33.0. The summed E-state index contributed by atoms with van der Waals surface area (Å²) in [6.07, 6.45) is 8.88. The summed E-state index contributed by atoms with van der Waals surface area (Å²) in [7, 11) is 0. The minimum absolute atomic E-state index is 1.08. The van der Waals surface area contributed by atoms with Gasteiger partial charge in [-0.1, -0.05) is 121 Å². The van der Waals surface area contributed by atoms with Crippen molar-refractivity contribution in [2.24, 2.45) is 0 Å². The average molecular weight is 639 g/mol. The average Bonchev–Trinajstić information content (AvgIpc) is 3.71. The molecular weight excluding hydrogens is 605 g/mol. The highest BCUT2D eigenvalue weighted by atomic mass is 15.0. The van der Waals surface area contributed by atoms with Crippen LogP contribution in [0.25, 0.3) is 82.8 Å². The Labute approximate surface area is 291 Å². The first-order valence-electron chi connectivity index (χ1n) is 17.5. The fourth-order valence-corrected chi connectivity index (χ4v) is 8.00. The maximum atomic E-state index is 2.43. The van der Waals surface area contributed by atoms with Gasteiger partial charge in [0.2, 0.25) is 0 Å². The SMILES string of the molecule is C1=CCCC(c2cccc(-n3c4ccccc4c4cc(-c5ccc6c(c5)c5ccccc5n6-c5cccc(-c6ccccc6)c5)ccc43)c2)=C1. The van der Waals surface area contributed by atoms with Gasteiger partial charge in [0, 0.05) is 32.9 Å². The van der Waals surface area contributed by atoms with Crippen molar-refractivity contribution in [3.63, 3.8) is 0 Å². The van der Waals surface area contributed by atoms with Crippen molar-refractivity contribution in [3.05, 3.63) is 188 Å². The zero-order valence-electron chi connectivity index (χ0n) is 27.6. The van der Waals surface area contributed by atoms with E-state index in [0.717, 1.165) is 12.8 Å². The second kappa shape index (κ2) is 11.6. The van der Waals surface area contributed by atoms with Gasteiger partial charge in [-0.05, 0) is 107 Å². The Balaban J connectivity index is 1.12. The number of aromatic nitrogens is 2. The first-order valence-corrected chi connectivity index (χ1v) is 17.5. The van der Waals surface area contributed by atoms with Crippen LogP contribution in [-0.4, -0.2) is 9.13 Å². The molecule has 50 heavy (non-hydrogen) atoms. The highest BCUT2D eigenvalue weighted by Gasteiger charge is 2.17. The Kier molecular flexibility index (Phi) is 6.67. The van der Waals surface area contributed by atoms with E-state index in [1.54, 1.807) is 0 Å². The summed E-state index contributed by atoms with van der Waals surface area (Å²) in [5.74, 6) is 0. The summed E-state index contributed by atoms with van der Waals surface area (Å²) in [5, 5.41) is 5.05. The number of hydrogen-bond donors (Lipinski definition) is 0. The molecule has 0 saturated carbocycles. The summed E-state index contributed by atoms with van der Waals surface area (Å²) in [6, 6.07) is 60.1. The molecule has 0 aliphatic heterocycles. The fraction of sp³-hybridized carbons (Fsp3) is 0.0417. The lowest BCUT2D eigenvalue weighted by molar-refractivity contribution is 1.05. The number of benzene rings is 7. The molecule has 236 valence electrons. The van der Waals surface area contributed by atoms with Crippen molar-refractivity contribution in [1.29, 1.82) is 0 Å². The molecule has 0 spiro atoms. The van der Waals surface area contributed by atoms with E-state index in [0.29, 0.717) is 0 Å². The molecule has 1 aliphatic rings. The van der Waals surface area contributed by atoms with E-state index in [4.69, 9.17) is 0 Å². The molecule has 7 aromatic carbocycles. The summed E-state index contributed by atoms with van der Waals surface area (Å²) in [6.45, 7) is 0. The molecule has 2 heteroatoms. The van der Waals surface area contributed by atoms with Gasteiger partial charge in [0.1, 0.15) is 0 Å². The van der Waals surface area contributed by atoms with Gasteiger partial charge < -0.3 is 9.13 Å². The Morgan fingerprint density at radius 2 is 0.860 bits per heavy atom. The second-order valence-corrected chi connectivity index (χ2v) is 13.3. The Hall–Kier alpha value is -6.38. The summed E-state index contributed by atoms with van der Waals surface area (Å²) in [4.78, 5) is 0. The van der Waals surface area contributed by atoms with E-state index in [-0.39, 0.29) is 0 Å². The number of fused-ring (bicyclic) bond motifs is 6. The molecule has 9 aromatic rings. The first-order chi connectivity index (χ1) is 24.8. The van der Waals surface area contributed by atoms with Crippen LogP contribution in [0.2, 0.25) is 0 Å². The maximum absolute atomic E-state index is 2.43.